The Balaban J connectivity index is 3.72. The lowest BCUT2D eigenvalue weighted by Crippen LogP contribution is -2.00. The van der Waals surface area contributed by atoms with E-state index in [1.165, 1.54) is 0 Å². The molecule has 0 fully saturated rings. The normalized spacial score (nSPS) is 12.9. The molecule has 0 aromatic rings. The number of carbonyl (C=O) groups is 1. The summed E-state index contributed by atoms with van der Waals surface area (Å²) in [5.41, 5.74) is 0. The average molecular weight is 158 g/mol. The predicted molar refractivity (Wildman–Crippen MR) is 40.9 cm³/mol. The number of allylic oxidation sites excluding steroid dienone is 2. The molecular formula is C8H11FO2. The second kappa shape index (κ2) is 5.65. The minimum Gasteiger partial charge on any atom is -0.463 e. The van der Waals surface area contributed by atoms with Gasteiger partial charge in [-0.25, -0.2) is 9.18 Å². The van der Waals surface area contributed by atoms with Crippen LogP contribution in [0.15, 0.2) is 24.8 Å². The van der Waals surface area contributed by atoms with E-state index in [9.17, 15) is 9.18 Å². The van der Waals surface area contributed by atoms with E-state index in [0.717, 1.165) is 18.2 Å². The number of ether oxygens (including phenoxy) is 1. The van der Waals surface area contributed by atoms with Crippen molar-refractivity contribution in [3.63, 3.8) is 0 Å². The van der Waals surface area contributed by atoms with Gasteiger partial charge in [0.25, 0.3) is 0 Å². The Bertz CT molecular complexity index is 163. The zero-order valence-electron chi connectivity index (χ0n) is 6.42. The lowest BCUT2D eigenvalue weighted by atomic mass is 10.3. The highest BCUT2D eigenvalue weighted by atomic mass is 19.1. The van der Waals surface area contributed by atoms with Crippen molar-refractivity contribution in [2.45, 2.75) is 13.1 Å². The van der Waals surface area contributed by atoms with Crippen LogP contribution in [0.25, 0.3) is 0 Å². The molecule has 0 aliphatic heterocycles. The number of halogens is 1. The summed E-state index contributed by atoms with van der Waals surface area (Å²) in [5.74, 6) is -0.531. The number of rotatable bonds is 4. The number of hydrogen-bond donors (Lipinski definition) is 0. The highest BCUT2D eigenvalue weighted by Crippen LogP contribution is 1.93. The summed E-state index contributed by atoms with van der Waals surface area (Å²) >= 11 is 0. The molecule has 0 saturated heterocycles. The molecular weight excluding hydrogens is 147 g/mol. The van der Waals surface area contributed by atoms with Crippen molar-refractivity contribution in [1.82, 2.24) is 0 Å². The van der Waals surface area contributed by atoms with E-state index in [-0.39, 0.29) is 0 Å². The van der Waals surface area contributed by atoms with Crippen LogP contribution in [-0.2, 0) is 9.53 Å². The third-order valence-corrected chi connectivity index (χ3v) is 0.928. The molecule has 0 saturated carbocycles. The van der Waals surface area contributed by atoms with Gasteiger partial charge in [0.2, 0.25) is 0 Å². The fourth-order valence-corrected chi connectivity index (χ4v) is 0.439. The van der Waals surface area contributed by atoms with Crippen LogP contribution in [0.2, 0.25) is 0 Å². The van der Waals surface area contributed by atoms with Gasteiger partial charge in [0.15, 0.2) is 0 Å². The minimum absolute atomic E-state index is 0.300. The van der Waals surface area contributed by atoms with E-state index in [0.29, 0.717) is 6.61 Å². The average Bonchev–Trinajstić information content (AvgIpc) is 2.01. The smallest absolute Gasteiger partial charge is 0.330 e. The summed E-state index contributed by atoms with van der Waals surface area (Å²) < 4.78 is 16.8. The molecule has 0 radical (unpaired) electrons. The molecule has 0 amide bonds. The van der Waals surface area contributed by atoms with Crippen molar-refractivity contribution < 1.29 is 13.9 Å². The van der Waals surface area contributed by atoms with Crippen molar-refractivity contribution in [3.8, 4) is 0 Å². The number of carbonyl (C=O) groups excluding carboxylic acids is 1. The maximum atomic E-state index is 12.3. The fraction of sp³-hybridized carbons (Fsp3) is 0.375. The van der Waals surface area contributed by atoms with Gasteiger partial charge in [-0.15, -0.1) is 0 Å². The first-order chi connectivity index (χ1) is 5.20. The molecule has 0 N–H and O–H groups in total. The van der Waals surface area contributed by atoms with Gasteiger partial charge in [0.05, 0.1) is 6.61 Å². The van der Waals surface area contributed by atoms with E-state index in [1.807, 2.05) is 0 Å². The van der Waals surface area contributed by atoms with Gasteiger partial charge >= 0.3 is 5.97 Å². The van der Waals surface area contributed by atoms with Gasteiger partial charge in [-0.1, -0.05) is 12.7 Å². The van der Waals surface area contributed by atoms with Crippen LogP contribution >= 0.6 is 0 Å². The predicted octanol–water partition coefficient (Wildman–Crippen LogP) is 1.63. The first kappa shape index (κ1) is 9.88. The largest absolute Gasteiger partial charge is 0.463 e. The maximum Gasteiger partial charge on any atom is 0.330 e. The topological polar surface area (TPSA) is 26.3 Å². The Hall–Kier alpha value is -1.12. The van der Waals surface area contributed by atoms with Crippen LogP contribution in [0.4, 0.5) is 4.39 Å². The van der Waals surface area contributed by atoms with Crippen molar-refractivity contribution in [3.05, 3.63) is 24.8 Å². The van der Waals surface area contributed by atoms with Crippen LogP contribution in [0.1, 0.15) is 6.92 Å². The number of hydrogen-bond acceptors (Lipinski definition) is 2. The quantitative estimate of drug-likeness (QED) is 0.353. The molecule has 3 heteroatoms. The lowest BCUT2D eigenvalue weighted by molar-refractivity contribution is -0.137. The highest BCUT2D eigenvalue weighted by Gasteiger charge is 1.96. The van der Waals surface area contributed by atoms with Gasteiger partial charge < -0.3 is 4.74 Å². The Morgan fingerprint density at radius 1 is 1.82 bits per heavy atom. The summed E-state index contributed by atoms with van der Waals surface area (Å²) in [6.07, 6.45) is 1.95. The van der Waals surface area contributed by atoms with Crippen LogP contribution < -0.4 is 0 Å². The first-order valence-corrected chi connectivity index (χ1v) is 3.32. The number of alkyl halides is 1. The molecule has 0 aliphatic rings. The molecule has 11 heavy (non-hydrogen) atoms. The van der Waals surface area contributed by atoms with Crippen molar-refractivity contribution >= 4 is 5.97 Å². The highest BCUT2D eigenvalue weighted by molar-refractivity contribution is 5.81. The lowest BCUT2D eigenvalue weighted by Gasteiger charge is -1.94. The Labute approximate surface area is 65.4 Å². The molecule has 0 aromatic carbocycles. The van der Waals surface area contributed by atoms with Crippen molar-refractivity contribution in [2.75, 3.05) is 6.61 Å². The summed E-state index contributed by atoms with van der Waals surface area (Å²) in [4.78, 5) is 10.6. The molecule has 0 spiro atoms. The Kier molecular flexibility index (Phi) is 5.07. The van der Waals surface area contributed by atoms with E-state index in [1.54, 1.807) is 6.92 Å². The molecule has 62 valence electrons. The second-order valence-corrected chi connectivity index (χ2v) is 1.79. The summed E-state index contributed by atoms with van der Waals surface area (Å²) in [6, 6.07) is 0. The zero-order valence-corrected chi connectivity index (χ0v) is 6.42. The van der Waals surface area contributed by atoms with Gasteiger partial charge in [-0.2, -0.15) is 0 Å². The molecule has 0 aromatic heterocycles. The second-order valence-electron chi connectivity index (χ2n) is 1.79. The van der Waals surface area contributed by atoms with Crippen LogP contribution in [0, 0.1) is 0 Å². The SMILES string of the molecule is C=CC(F)C=CC(=O)OCC. The third-order valence-electron chi connectivity index (χ3n) is 0.928. The fourth-order valence-electron chi connectivity index (χ4n) is 0.439. The van der Waals surface area contributed by atoms with E-state index in [4.69, 9.17) is 0 Å². The standard InChI is InChI=1S/C8H11FO2/c1-3-7(9)5-6-8(10)11-4-2/h3,5-7H,1,4H2,2H3. The Morgan fingerprint density at radius 3 is 2.91 bits per heavy atom. The van der Waals surface area contributed by atoms with Crippen molar-refractivity contribution in [2.24, 2.45) is 0 Å². The van der Waals surface area contributed by atoms with Crippen molar-refractivity contribution in [1.29, 1.82) is 0 Å². The van der Waals surface area contributed by atoms with Gasteiger partial charge in [-0.3, -0.25) is 0 Å². The maximum absolute atomic E-state index is 12.3. The van der Waals surface area contributed by atoms with E-state index >= 15 is 0 Å². The van der Waals surface area contributed by atoms with E-state index in [2.05, 4.69) is 11.3 Å². The molecule has 0 aliphatic carbocycles. The molecule has 2 nitrogen and oxygen atoms in total. The first-order valence-electron chi connectivity index (χ1n) is 3.32. The van der Waals surface area contributed by atoms with Gasteiger partial charge in [0, 0.05) is 6.08 Å². The number of esters is 1. The molecule has 1 atom stereocenters. The Morgan fingerprint density at radius 2 is 2.45 bits per heavy atom. The monoisotopic (exact) mass is 158 g/mol. The third kappa shape index (κ3) is 5.33. The van der Waals surface area contributed by atoms with Crippen LogP contribution in [0.5, 0.6) is 0 Å². The minimum atomic E-state index is -1.28. The summed E-state index contributed by atoms with van der Waals surface area (Å²) in [7, 11) is 0. The zero-order chi connectivity index (χ0) is 8.69. The van der Waals surface area contributed by atoms with E-state index < -0.39 is 12.1 Å². The van der Waals surface area contributed by atoms with Gasteiger partial charge in [-0.05, 0) is 13.0 Å². The molecule has 0 rings (SSSR count). The summed E-state index contributed by atoms with van der Waals surface area (Å²) in [5, 5.41) is 0. The molecule has 0 heterocycles. The molecule has 1 unspecified atom stereocenters. The van der Waals surface area contributed by atoms with Crippen LogP contribution in [-0.4, -0.2) is 18.7 Å². The van der Waals surface area contributed by atoms with Gasteiger partial charge in [0.1, 0.15) is 6.17 Å². The summed E-state index contributed by atoms with van der Waals surface area (Å²) in [6.45, 7) is 5.19. The van der Waals surface area contributed by atoms with Crippen LogP contribution in [0.3, 0.4) is 0 Å². The molecule has 0 bridgehead atoms.